The third kappa shape index (κ3) is 3.50. The molecule has 5 nitrogen and oxygen atoms in total. The van der Waals surface area contributed by atoms with E-state index in [2.05, 4.69) is 4.98 Å². The Bertz CT molecular complexity index is 498. The van der Waals surface area contributed by atoms with Crippen LogP contribution in [-0.4, -0.2) is 42.9 Å². The van der Waals surface area contributed by atoms with Crippen molar-refractivity contribution in [1.82, 2.24) is 4.98 Å². The minimum absolute atomic E-state index is 0.326. The molecule has 1 unspecified atom stereocenters. The maximum atomic E-state index is 13.9. The Kier molecular flexibility index (Phi) is 5.12. The van der Waals surface area contributed by atoms with E-state index in [0.717, 1.165) is 12.6 Å². The number of rotatable bonds is 6. The Hall–Kier alpha value is -1.69. The Labute approximate surface area is 123 Å². The fraction of sp³-hybridized carbons (Fsp3) is 0.600. The molecule has 0 bridgehead atoms. The summed E-state index contributed by atoms with van der Waals surface area (Å²) in [6.45, 7) is 1.53. The van der Waals surface area contributed by atoms with Gasteiger partial charge in [-0.2, -0.15) is 0 Å². The lowest BCUT2D eigenvalue weighted by Crippen LogP contribution is -2.48. The quantitative estimate of drug-likeness (QED) is 0.816. The second-order valence-electron chi connectivity index (χ2n) is 5.53. The number of aromatic nitrogens is 1. The van der Waals surface area contributed by atoms with Crippen LogP contribution in [0.15, 0.2) is 18.5 Å². The Morgan fingerprint density at radius 2 is 2.43 bits per heavy atom. The van der Waals surface area contributed by atoms with Crippen LogP contribution >= 0.6 is 0 Å². The first-order valence-electron chi connectivity index (χ1n) is 7.16. The molecule has 1 aliphatic heterocycles. The Balaban J connectivity index is 2.16. The number of pyridine rings is 1. The van der Waals surface area contributed by atoms with E-state index in [-0.39, 0.29) is 0 Å². The van der Waals surface area contributed by atoms with Crippen LogP contribution < -0.4 is 4.90 Å². The number of carboxylic acids is 1. The van der Waals surface area contributed by atoms with Crippen molar-refractivity contribution in [2.75, 3.05) is 31.7 Å². The number of hydrogen-bond acceptors (Lipinski definition) is 4. The van der Waals surface area contributed by atoms with Crippen molar-refractivity contribution in [3.8, 4) is 0 Å². The predicted molar refractivity (Wildman–Crippen MR) is 76.8 cm³/mol. The van der Waals surface area contributed by atoms with Gasteiger partial charge in [-0.15, -0.1) is 0 Å². The Morgan fingerprint density at radius 1 is 1.62 bits per heavy atom. The van der Waals surface area contributed by atoms with Crippen LogP contribution in [0.1, 0.15) is 25.7 Å². The second-order valence-corrected chi connectivity index (χ2v) is 5.53. The van der Waals surface area contributed by atoms with Crippen molar-refractivity contribution in [3.05, 3.63) is 24.3 Å². The van der Waals surface area contributed by atoms with Crippen molar-refractivity contribution in [3.63, 3.8) is 0 Å². The molecule has 6 heteroatoms. The molecule has 2 rings (SSSR count). The van der Waals surface area contributed by atoms with E-state index in [1.54, 1.807) is 13.2 Å². The molecule has 0 amide bonds. The van der Waals surface area contributed by atoms with E-state index < -0.39 is 17.2 Å². The molecule has 1 N–H and O–H groups in total. The molecule has 1 aliphatic rings. The van der Waals surface area contributed by atoms with E-state index in [4.69, 9.17) is 4.74 Å². The molecular weight excluding hydrogens is 275 g/mol. The van der Waals surface area contributed by atoms with Gasteiger partial charge in [0.2, 0.25) is 0 Å². The van der Waals surface area contributed by atoms with E-state index in [9.17, 15) is 14.3 Å². The van der Waals surface area contributed by atoms with Crippen LogP contribution in [0.3, 0.4) is 0 Å². The number of halogens is 1. The predicted octanol–water partition coefficient (Wildman–Crippen LogP) is 2.32. The van der Waals surface area contributed by atoms with E-state index >= 15 is 0 Å². The highest BCUT2D eigenvalue weighted by Crippen LogP contribution is 2.37. The third-order valence-electron chi connectivity index (χ3n) is 4.13. The number of carbonyl (C=O) groups is 1. The zero-order chi connectivity index (χ0) is 15.3. The average Bonchev–Trinajstić information content (AvgIpc) is 2.48. The van der Waals surface area contributed by atoms with Crippen molar-refractivity contribution in [1.29, 1.82) is 0 Å². The topological polar surface area (TPSA) is 62.7 Å². The molecule has 116 valence electrons. The van der Waals surface area contributed by atoms with Crippen molar-refractivity contribution in [2.45, 2.75) is 25.7 Å². The summed E-state index contributed by atoms with van der Waals surface area (Å²) in [7, 11) is 1.60. The van der Waals surface area contributed by atoms with Gasteiger partial charge in [0.05, 0.1) is 17.3 Å². The summed E-state index contributed by atoms with van der Waals surface area (Å²) in [5, 5.41) is 9.65. The zero-order valence-electron chi connectivity index (χ0n) is 12.2. The van der Waals surface area contributed by atoms with E-state index in [1.807, 2.05) is 4.90 Å². The van der Waals surface area contributed by atoms with Crippen molar-refractivity contribution >= 4 is 11.7 Å². The summed E-state index contributed by atoms with van der Waals surface area (Å²) in [6.07, 6.45) is 5.28. The van der Waals surface area contributed by atoms with Crippen LogP contribution in [0.5, 0.6) is 0 Å². The molecule has 1 fully saturated rings. The van der Waals surface area contributed by atoms with Crippen LogP contribution in [-0.2, 0) is 9.53 Å². The number of aliphatic carboxylic acids is 1. The first-order valence-corrected chi connectivity index (χ1v) is 7.16. The lowest BCUT2D eigenvalue weighted by molar-refractivity contribution is -0.150. The molecule has 1 aromatic rings. The molecule has 1 atom stereocenters. The van der Waals surface area contributed by atoms with Crippen molar-refractivity contribution in [2.24, 2.45) is 5.41 Å². The monoisotopic (exact) mass is 296 g/mol. The Morgan fingerprint density at radius 3 is 3.10 bits per heavy atom. The second kappa shape index (κ2) is 6.85. The standard InChI is InChI=1S/C15H21FN2O3/c1-21-9-3-6-15(14(19)20)5-2-8-18(11-15)13-4-7-17-10-12(13)16/h4,7,10H,2-3,5-6,8-9,11H2,1H3,(H,19,20). The number of piperidine rings is 1. The molecule has 0 aromatic carbocycles. The van der Waals surface area contributed by atoms with Gasteiger partial charge in [-0.1, -0.05) is 0 Å². The number of anilines is 1. The highest BCUT2D eigenvalue weighted by atomic mass is 19.1. The van der Waals surface area contributed by atoms with Gasteiger partial charge in [0.25, 0.3) is 0 Å². The maximum absolute atomic E-state index is 13.9. The molecule has 0 spiro atoms. The molecular formula is C15H21FN2O3. The fourth-order valence-corrected chi connectivity index (χ4v) is 3.00. The first kappa shape index (κ1) is 15.7. The number of ether oxygens (including phenoxy) is 1. The highest BCUT2D eigenvalue weighted by molar-refractivity contribution is 5.76. The van der Waals surface area contributed by atoms with Gasteiger partial charge in [0.1, 0.15) is 0 Å². The average molecular weight is 296 g/mol. The van der Waals surface area contributed by atoms with E-state index in [1.165, 1.54) is 6.20 Å². The lowest BCUT2D eigenvalue weighted by atomic mass is 9.76. The van der Waals surface area contributed by atoms with Gasteiger partial charge in [0.15, 0.2) is 5.82 Å². The molecule has 1 saturated heterocycles. The smallest absolute Gasteiger partial charge is 0.311 e. The van der Waals surface area contributed by atoms with Crippen LogP contribution in [0, 0.1) is 11.2 Å². The third-order valence-corrected chi connectivity index (χ3v) is 4.13. The van der Waals surface area contributed by atoms with Gasteiger partial charge in [-0.25, -0.2) is 4.39 Å². The molecule has 0 aliphatic carbocycles. The number of nitrogens with zero attached hydrogens (tertiary/aromatic N) is 2. The SMILES string of the molecule is COCCCC1(C(=O)O)CCCN(c2ccncc2F)C1. The molecule has 0 saturated carbocycles. The minimum Gasteiger partial charge on any atom is -0.481 e. The van der Waals surface area contributed by atoms with Gasteiger partial charge in [-0.3, -0.25) is 9.78 Å². The maximum Gasteiger partial charge on any atom is 0.311 e. The van der Waals surface area contributed by atoms with Gasteiger partial charge in [-0.05, 0) is 31.7 Å². The normalized spacial score (nSPS) is 22.3. The highest BCUT2D eigenvalue weighted by Gasteiger charge is 2.42. The number of methoxy groups -OCH3 is 1. The molecule has 21 heavy (non-hydrogen) atoms. The first-order chi connectivity index (χ1) is 10.1. The largest absolute Gasteiger partial charge is 0.481 e. The zero-order valence-corrected chi connectivity index (χ0v) is 12.2. The molecule has 0 radical (unpaired) electrons. The summed E-state index contributed by atoms with van der Waals surface area (Å²) in [4.78, 5) is 17.3. The number of hydrogen-bond donors (Lipinski definition) is 1. The molecule has 1 aromatic heterocycles. The summed E-state index contributed by atoms with van der Waals surface area (Å²) in [5.74, 6) is -1.21. The van der Waals surface area contributed by atoms with Gasteiger partial charge in [0, 0.05) is 33.0 Å². The summed E-state index contributed by atoms with van der Waals surface area (Å²) < 4.78 is 18.9. The van der Waals surface area contributed by atoms with Gasteiger partial charge >= 0.3 is 5.97 Å². The lowest BCUT2D eigenvalue weighted by Gasteiger charge is -2.41. The van der Waals surface area contributed by atoms with Crippen LogP contribution in [0.4, 0.5) is 10.1 Å². The number of carboxylic acid groups (broad SMARTS) is 1. The van der Waals surface area contributed by atoms with Crippen LogP contribution in [0.25, 0.3) is 0 Å². The van der Waals surface area contributed by atoms with E-state index in [0.29, 0.717) is 44.6 Å². The van der Waals surface area contributed by atoms with Crippen LogP contribution in [0.2, 0.25) is 0 Å². The summed E-state index contributed by atoms with van der Waals surface area (Å²) in [6, 6.07) is 1.60. The fourth-order valence-electron chi connectivity index (χ4n) is 3.00. The summed E-state index contributed by atoms with van der Waals surface area (Å²) >= 11 is 0. The minimum atomic E-state index is -0.827. The summed E-state index contributed by atoms with van der Waals surface area (Å²) in [5.41, 5.74) is -0.394. The van der Waals surface area contributed by atoms with Crippen molar-refractivity contribution < 1.29 is 19.0 Å². The molecule has 2 heterocycles. The van der Waals surface area contributed by atoms with Gasteiger partial charge < -0.3 is 14.7 Å².